The first kappa shape index (κ1) is 18.6. The number of nitrogens with one attached hydrogen (secondary N) is 1. The largest absolute Gasteiger partial charge is 0.487 e. The molecule has 0 saturated carbocycles. The monoisotopic (exact) mass is 388 g/mol. The number of nitrogens with zero attached hydrogens (tertiary/aromatic N) is 3. The van der Waals surface area contributed by atoms with Gasteiger partial charge in [0.05, 0.1) is 43.6 Å². The minimum atomic E-state index is -1.03. The summed E-state index contributed by atoms with van der Waals surface area (Å²) in [6.07, 6.45) is -0.364. The zero-order valence-electron chi connectivity index (χ0n) is 14.8. The molecular weight excluding hydrogens is 368 g/mol. The minimum Gasteiger partial charge on any atom is -0.487 e. The summed E-state index contributed by atoms with van der Waals surface area (Å²) < 4.78 is 12.3. The molecule has 1 fully saturated rings. The molecule has 10 heteroatoms. The summed E-state index contributed by atoms with van der Waals surface area (Å²) in [5.74, 6) is 0.526. The van der Waals surface area contributed by atoms with Crippen molar-refractivity contribution in [3.8, 4) is 5.75 Å². The van der Waals surface area contributed by atoms with Crippen LogP contribution in [0.5, 0.6) is 5.75 Å². The summed E-state index contributed by atoms with van der Waals surface area (Å²) in [4.78, 5) is 11.3. The topological polar surface area (TPSA) is 143 Å². The lowest BCUT2D eigenvalue weighted by Crippen LogP contribution is -2.38. The van der Waals surface area contributed by atoms with Crippen LogP contribution in [-0.4, -0.2) is 61.2 Å². The maximum atomic E-state index is 11.3. The average molecular weight is 388 g/mol. The molecule has 1 aliphatic rings. The molecule has 4 rings (SSSR count). The third-order valence-electron chi connectivity index (χ3n) is 4.75. The smallest absolute Gasteiger partial charge is 0.336 e. The van der Waals surface area contributed by atoms with Crippen molar-refractivity contribution in [3.63, 3.8) is 0 Å². The first-order valence-electron chi connectivity index (χ1n) is 8.82. The number of benzene rings is 1. The van der Waals surface area contributed by atoms with Crippen molar-refractivity contribution < 1.29 is 24.5 Å². The van der Waals surface area contributed by atoms with E-state index in [1.807, 2.05) is 0 Å². The van der Waals surface area contributed by atoms with Crippen molar-refractivity contribution in [2.75, 3.05) is 6.61 Å². The van der Waals surface area contributed by atoms with Gasteiger partial charge in [0.15, 0.2) is 0 Å². The summed E-state index contributed by atoms with van der Waals surface area (Å²) in [6.45, 7) is 0.172. The molecule has 0 unspecified atom stereocenters. The minimum absolute atomic E-state index is 0.158. The van der Waals surface area contributed by atoms with Crippen LogP contribution in [0.1, 0.15) is 5.69 Å². The fourth-order valence-corrected chi connectivity index (χ4v) is 3.25. The predicted molar refractivity (Wildman–Crippen MR) is 96.6 cm³/mol. The van der Waals surface area contributed by atoms with Crippen LogP contribution in [0.25, 0.3) is 11.0 Å². The number of hydrogen-bond donors (Lipinski definition) is 4. The molecule has 3 aromatic rings. The molecule has 2 aromatic heterocycles. The van der Waals surface area contributed by atoms with Gasteiger partial charge in [0.2, 0.25) is 0 Å². The Hall–Kier alpha value is -2.79. The van der Waals surface area contributed by atoms with Gasteiger partial charge in [-0.05, 0) is 18.2 Å². The van der Waals surface area contributed by atoms with Crippen LogP contribution in [-0.2, 0) is 13.2 Å². The van der Waals surface area contributed by atoms with Crippen molar-refractivity contribution in [2.24, 2.45) is 0 Å². The highest BCUT2D eigenvalue weighted by atomic mass is 16.5. The Bertz CT molecular complexity index is 1020. The molecule has 148 valence electrons. The molecule has 0 bridgehead atoms. The molecule has 1 aromatic carbocycles. The van der Waals surface area contributed by atoms with Gasteiger partial charge in [0.25, 0.3) is 0 Å². The Morgan fingerprint density at radius 1 is 1.18 bits per heavy atom. The number of aromatic nitrogens is 3. The predicted octanol–water partition coefficient (Wildman–Crippen LogP) is -0.982. The maximum Gasteiger partial charge on any atom is 0.336 e. The van der Waals surface area contributed by atoms with Crippen LogP contribution in [0.4, 0.5) is 0 Å². The number of hydrogen-bond acceptors (Lipinski definition) is 9. The Kier molecular flexibility index (Phi) is 5.09. The number of ether oxygens (including phenoxy) is 1. The highest BCUT2D eigenvalue weighted by Gasteiger charge is 2.40. The molecule has 4 atom stereocenters. The van der Waals surface area contributed by atoms with E-state index in [4.69, 9.17) is 9.15 Å². The number of fused-ring (bicyclic) bond motifs is 1. The van der Waals surface area contributed by atoms with E-state index in [1.54, 1.807) is 30.5 Å². The SMILES string of the molecule is O=c1ccc2ccc(OCc3cn(C[C@H]4N[C@H](CO)[C@@H](O)[C@@H]4O)nn3)cc2o1. The quantitative estimate of drug-likeness (QED) is 0.392. The second-order valence-electron chi connectivity index (χ2n) is 6.72. The standard InChI is InChI=1S/C18H20N4O6/c23-8-14-18(26)17(25)13(19-14)7-22-6-11(20-21-22)9-27-12-3-1-10-2-4-16(24)28-15(10)5-12/h1-6,13-14,17-19,23,25-26H,7-9H2/t13-,14-,17-,18-/m1/s1. The fraction of sp³-hybridized carbons (Fsp3) is 0.389. The Balaban J connectivity index is 1.38. The van der Waals surface area contributed by atoms with E-state index in [-0.39, 0.29) is 19.8 Å². The summed E-state index contributed by atoms with van der Waals surface area (Å²) in [5.41, 5.74) is 0.581. The molecule has 10 nitrogen and oxygen atoms in total. The number of aliphatic hydroxyl groups is 3. The van der Waals surface area contributed by atoms with Crippen LogP contribution in [0, 0.1) is 0 Å². The van der Waals surface area contributed by atoms with Gasteiger partial charge in [-0.15, -0.1) is 5.10 Å². The number of rotatable bonds is 6. The normalized spacial score (nSPS) is 24.7. The third kappa shape index (κ3) is 3.76. The molecule has 28 heavy (non-hydrogen) atoms. The summed E-state index contributed by atoms with van der Waals surface area (Å²) in [7, 11) is 0. The molecule has 0 aliphatic carbocycles. The zero-order valence-corrected chi connectivity index (χ0v) is 14.8. The van der Waals surface area contributed by atoms with Crippen molar-refractivity contribution in [3.05, 3.63) is 52.6 Å². The summed E-state index contributed by atoms with van der Waals surface area (Å²) >= 11 is 0. The third-order valence-corrected chi connectivity index (χ3v) is 4.75. The molecule has 0 spiro atoms. The van der Waals surface area contributed by atoms with Gasteiger partial charge < -0.3 is 29.8 Å². The molecule has 1 aliphatic heterocycles. The van der Waals surface area contributed by atoms with Crippen molar-refractivity contribution in [2.45, 2.75) is 37.4 Å². The Morgan fingerprint density at radius 3 is 2.75 bits per heavy atom. The first-order chi connectivity index (χ1) is 13.5. The zero-order chi connectivity index (χ0) is 19.7. The highest BCUT2D eigenvalue weighted by molar-refractivity contribution is 5.77. The Labute approximate surface area is 159 Å². The Morgan fingerprint density at radius 2 is 1.96 bits per heavy atom. The second-order valence-corrected chi connectivity index (χ2v) is 6.72. The van der Waals surface area contributed by atoms with Gasteiger partial charge in [0.1, 0.15) is 23.6 Å². The summed E-state index contributed by atoms with van der Waals surface area (Å²) in [5, 5.41) is 40.9. The number of aliphatic hydroxyl groups excluding tert-OH is 3. The van der Waals surface area contributed by atoms with Crippen molar-refractivity contribution in [1.29, 1.82) is 0 Å². The van der Waals surface area contributed by atoms with E-state index in [9.17, 15) is 20.1 Å². The lowest BCUT2D eigenvalue weighted by Gasteiger charge is -2.15. The van der Waals surface area contributed by atoms with Gasteiger partial charge in [-0.3, -0.25) is 4.68 Å². The highest BCUT2D eigenvalue weighted by Crippen LogP contribution is 2.20. The van der Waals surface area contributed by atoms with Gasteiger partial charge in [0, 0.05) is 17.5 Å². The van der Waals surface area contributed by atoms with Crippen molar-refractivity contribution in [1.82, 2.24) is 20.3 Å². The van der Waals surface area contributed by atoms with E-state index in [0.717, 1.165) is 5.39 Å². The fourth-order valence-electron chi connectivity index (χ4n) is 3.25. The second kappa shape index (κ2) is 7.68. The molecular formula is C18H20N4O6. The van der Waals surface area contributed by atoms with Crippen LogP contribution in [0.15, 0.2) is 45.7 Å². The molecule has 3 heterocycles. The average Bonchev–Trinajstić information content (AvgIpc) is 3.25. The van der Waals surface area contributed by atoms with Crippen LogP contribution in [0.2, 0.25) is 0 Å². The van der Waals surface area contributed by atoms with Crippen LogP contribution >= 0.6 is 0 Å². The van der Waals surface area contributed by atoms with Gasteiger partial charge >= 0.3 is 5.63 Å². The van der Waals surface area contributed by atoms with E-state index in [1.165, 1.54) is 10.7 Å². The molecule has 1 saturated heterocycles. The van der Waals surface area contributed by atoms with Gasteiger partial charge in [-0.2, -0.15) is 0 Å². The van der Waals surface area contributed by atoms with Crippen molar-refractivity contribution >= 4 is 11.0 Å². The van der Waals surface area contributed by atoms with E-state index in [0.29, 0.717) is 17.0 Å². The van der Waals surface area contributed by atoms with Gasteiger partial charge in [-0.1, -0.05) is 5.21 Å². The van der Waals surface area contributed by atoms with Crippen LogP contribution < -0.4 is 15.7 Å². The summed E-state index contributed by atoms with van der Waals surface area (Å²) in [6, 6.07) is 7.21. The van der Waals surface area contributed by atoms with Crippen LogP contribution in [0.3, 0.4) is 0 Å². The maximum absolute atomic E-state index is 11.3. The molecule has 0 radical (unpaired) electrons. The lowest BCUT2D eigenvalue weighted by molar-refractivity contribution is 0.0175. The lowest BCUT2D eigenvalue weighted by atomic mass is 10.1. The molecule has 0 amide bonds. The van der Waals surface area contributed by atoms with E-state index >= 15 is 0 Å². The van der Waals surface area contributed by atoms with E-state index in [2.05, 4.69) is 15.6 Å². The molecule has 4 N–H and O–H groups in total. The van der Waals surface area contributed by atoms with E-state index < -0.39 is 29.9 Å². The van der Waals surface area contributed by atoms with Gasteiger partial charge in [-0.25, -0.2) is 4.79 Å². The first-order valence-corrected chi connectivity index (χ1v) is 8.82.